The lowest BCUT2D eigenvalue weighted by Gasteiger charge is -2.35. The summed E-state index contributed by atoms with van der Waals surface area (Å²) in [6.07, 6.45) is 3.79. The number of hydrogen-bond donors (Lipinski definition) is 0. The Morgan fingerprint density at radius 3 is 2.84 bits per heavy atom. The fourth-order valence-electron chi connectivity index (χ4n) is 2.95. The summed E-state index contributed by atoms with van der Waals surface area (Å²) in [5, 5.41) is 0.788. The number of benzene rings is 1. The lowest BCUT2D eigenvalue weighted by molar-refractivity contribution is -0.140. The van der Waals surface area contributed by atoms with Gasteiger partial charge in [-0.2, -0.15) is 0 Å². The summed E-state index contributed by atoms with van der Waals surface area (Å²) >= 11 is 1.45. The summed E-state index contributed by atoms with van der Waals surface area (Å²) in [5.41, 5.74) is 0.959. The van der Waals surface area contributed by atoms with Crippen LogP contribution in [0.1, 0.15) is 13.8 Å². The molecule has 0 N–H and O–H groups in total. The Morgan fingerprint density at radius 1 is 1.36 bits per heavy atom. The molecule has 2 heterocycles. The third-order valence-corrected chi connectivity index (χ3v) is 4.99. The Labute approximate surface area is 152 Å². The van der Waals surface area contributed by atoms with Crippen molar-refractivity contribution in [2.24, 2.45) is 0 Å². The number of ether oxygens (including phenoxy) is 2. The highest BCUT2D eigenvalue weighted by molar-refractivity contribution is 7.99. The zero-order valence-electron chi connectivity index (χ0n) is 14.7. The van der Waals surface area contributed by atoms with Crippen molar-refractivity contribution in [2.45, 2.75) is 31.2 Å². The van der Waals surface area contributed by atoms with E-state index in [1.807, 2.05) is 53.8 Å². The van der Waals surface area contributed by atoms with E-state index in [1.165, 1.54) is 11.8 Å². The topological polar surface area (TPSA) is 56.6 Å². The zero-order chi connectivity index (χ0) is 17.8. The summed E-state index contributed by atoms with van der Waals surface area (Å²) in [6, 6.07) is 7.77. The minimum Gasteiger partial charge on any atom is -0.497 e. The molecule has 1 aromatic carbocycles. The van der Waals surface area contributed by atoms with Crippen molar-refractivity contribution < 1.29 is 14.3 Å². The Morgan fingerprint density at radius 2 is 2.12 bits per heavy atom. The van der Waals surface area contributed by atoms with Gasteiger partial charge in [-0.25, -0.2) is 4.98 Å². The molecule has 3 rings (SSSR count). The van der Waals surface area contributed by atoms with Gasteiger partial charge in [-0.3, -0.25) is 9.36 Å². The normalized spacial score (nSPS) is 20.5. The van der Waals surface area contributed by atoms with Gasteiger partial charge in [-0.05, 0) is 26.0 Å². The molecule has 0 spiro atoms. The van der Waals surface area contributed by atoms with Crippen LogP contribution in [-0.4, -0.2) is 58.5 Å². The first-order valence-electron chi connectivity index (χ1n) is 8.30. The lowest BCUT2D eigenvalue weighted by Crippen LogP contribution is -2.48. The molecule has 2 aromatic rings. The van der Waals surface area contributed by atoms with E-state index in [9.17, 15) is 4.79 Å². The molecule has 1 aromatic heterocycles. The van der Waals surface area contributed by atoms with Crippen LogP contribution in [0.2, 0.25) is 0 Å². The van der Waals surface area contributed by atoms with Crippen molar-refractivity contribution in [3.63, 3.8) is 0 Å². The molecule has 134 valence electrons. The molecular formula is C18H23N3O3S. The van der Waals surface area contributed by atoms with Gasteiger partial charge in [0.2, 0.25) is 5.91 Å². The van der Waals surface area contributed by atoms with Gasteiger partial charge in [0.1, 0.15) is 5.75 Å². The summed E-state index contributed by atoms with van der Waals surface area (Å²) in [5.74, 6) is 1.27. The van der Waals surface area contributed by atoms with Crippen molar-refractivity contribution in [2.75, 3.05) is 26.0 Å². The molecule has 1 fully saturated rings. The monoisotopic (exact) mass is 361 g/mol. The Kier molecular flexibility index (Phi) is 5.65. The number of carbonyl (C=O) groups excluding carboxylic acids is 1. The second-order valence-electron chi connectivity index (χ2n) is 6.13. The summed E-state index contributed by atoms with van der Waals surface area (Å²) in [6.45, 7) is 5.29. The fourth-order valence-corrected chi connectivity index (χ4v) is 3.83. The van der Waals surface area contributed by atoms with Crippen molar-refractivity contribution in [3.05, 3.63) is 36.7 Å². The predicted molar refractivity (Wildman–Crippen MR) is 97.4 cm³/mol. The van der Waals surface area contributed by atoms with E-state index >= 15 is 0 Å². The average Bonchev–Trinajstić information content (AvgIpc) is 3.07. The predicted octanol–water partition coefficient (Wildman–Crippen LogP) is 2.61. The molecule has 6 nitrogen and oxygen atoms in total. The third kappa shape index (κ3) is 4.35. The number of rotatable bonds is 5. The van der Waals surface area contributed by atoms with Crippen LogP contribution in [0.5, 0.6) is 5.75 Å². The van der Waals surface area contributed by atoms with Gasteiger partial charge in [0.05, 0.1) is 30.8 Å². The molecule has 1 saturated heterocycles. The van der Waals surface area contributed by atoms with E-state index in [4.69, 9.17) is 9.47 Å². The molecule has 1 aliphatic rings. The van der Waals surface area contributed by atoms with Crippen LogP contribution < -0.4 is 4.74 Å². The lowest BCUT2D eigenvalue weighted by atomic mass is 10.2. The Balaban J connectivity index is 1.66. The number of carbonyl (C=O) groups is 1. The van der Waals surface area contributed by atoms with Gasteiger partial charge >= 0.3 is 0 Å². The molecule has 0 radical (unpaired) electrons. The maximum atomic E-state index is 12.5. The summed E-state index contributed by atoms with van der Waals surface area (Å²) < 4.78 is 12.9. The van der Waals surface area contributed by atoms with Crippen LogP contribution in [0.15, 0.2) is 41.8 Å². The van der Waals surface area contributed by atoms with E-state index in [1.54, 1.807) is 13.3 Å². The molecule has 0 bridgehead atoms. The summed E-state index contributed by atoms with van der Waals surface area (Å²) in [4.78, 5) is 18.8. The first-order valence-corrected chi connectivity index (χ1v) is 9.29. The van der Waals surface area contributed by atoms with E-state index in [0.717, 1.165) is 16.6 Å². The minimum absolute atomic E-state index is 0.0801. The second-order valence-corrected chi connectivity index (χ2v) is 7.07. The highest BCUT2D eigenvalue weighted by atomic mass is 32.2. The molecule has 25 heavy (non-hydrogen) atoms. The highest BCUT2D eigenvalue weighted by Crippen LogP contribution is 2.24. The van der Waals surface area contributed by atoms with Gasteiger partial charge in [-0.15, -0.1) is 0 Å². The molecule has 2 atom stereocenters. The van der Waals surface area contributed by atoms with E-state index in [2.05, 4.69) is 4.98 Å². The van der Waals surface area contributed by atoms with Crippen LogP contribution in [-0.2, 0) is 9.53 Å². The third-order valence-electron chi connectivity index (χ3n) is 4.04. The molecule has 0 aliphatic carbocycles. The SMILES string of the molecule is COc1cccc(-n2ccnc2SCC(=O)N2CC(C)OC(C)C2)c1. The standard InChI is InChI=1S/C18H23N3O3S/c1-13-10-20(11-14(2)24-13)17(22)12-25-18-19-7-8-21(18)15-5-4-6-16(9-15)23-3/h4-9,13-14H,10-12H2,1-3H3. The number of amides is 1. The number of thioether (sulfide) groups is 1. The average molecular weight is 361 g/mol. The van der Waals surface area contributed by atoms with E-state index < -0.39 is 0 Å². The van der Waals surface area contributed by atoms with Gasteiger partial charge in [-0.1, -0.05) is 17.8 Å². The minimum atomic E-state index is 0.0801. The summed E-state index contributed by atoms with van der Waals surface area (Å²) in [7, 11) is 1.64. The number of hydrogen-bond acceptors (Lipinski definition) is 5. The van der Waals surface area contributed by atoms with Crippen molar-refractivity contribution in [1.29, 1.82) is 0 Å². The van der Waals surface area contributed by atoms with Gasteiger partial charge in [0.15, 0.2) is 5.16 Å². The van der Waals surface area contributed by atoms with Gasteiger partial charge in [0.25, 0.3) is 0 Å². The quantitative estimate of drug-likeness (QED) is 0.766. The van der Waals surface area contributed by atoms with Crippen molar-refractivity contribution >= 4 is 17.7 Å². The molecular weight excluding hydrogens is 338 g/mol. The maximum absolute atomic E-state index is 12.5. The molecule has 2 unspecified atom stereocenters. The first-order chi connectivity index (χ1) is 12.1. The number of imidazole rings is 1. The van der Waals surface area contributed by atoms with Crippen LogP contribution in [0.25, 0.3) is 5.69 Å². The van der Waals surface area contributed by atoms with Gasteiger partial charge in [0, 0.05) is 31.5 Å². The second kappa shape index (κ2) is 7.93. The number of morpholine rings is 1. The first kappa shape index (κ1) is 17.8. The molecule has 1 aliphatic heterocycles. The van der Waals surface area contributed by atoms with Crippen LogP contribution in [0.4, 0.5) is 0 Å². The molecule has 1 amide bonds. The number of aromatic nitrogens is 2. The Hall–Kier alpha value is -1.99. The maximum Gasteiger partial charge on any atom is 0.233 e. The smallest absolute Gasteiger partial charge is 0.233 e. The van der Waals surface area contributed by atoms with Crippen molar-refractivity contribution in [1.82, 2.24) is 14.5 Å². The molecule has 0 saturated carbocycles. The van der Waals surface area contributed by atoms with Crippen molar-refractivity contribution in [3.8, 4) is 11.4 Å². The number of nitrogens with zero attached hydrogens (tertiary/aromatic N) is 3. The fraction of sp³-hybridized carbons (Fsp3) is 0.444. The van der Waals surface area contributed by atoms with Crippen LogP contribution in [0.3, 0.4) is 0 Å². The highest BCUT2D eigenvalue weighted by Gasteiger charge is 2.26. The molecule has 7 heteroatoms. The van der Waals surface area contributed by atoms with Crippen LogP contribution in [0, 0.1) is 0 Å². The largest absolute Gasteiger partial charge is 0.497 e. The van der Waals surface area contributed by atoms with Gasteiger partial charge < -0.3 is 14.4 Å². The van der Waals surface area contributed by atoms with E-state index in [0.29, 0.717) is 18.8 Å². The van der Waals surface area contributed by atoms with E-state index in [-0.39, 0.29) is 18.1 Å². The zero-order valence-corrected chi connectivity index (χ0v) is 15.5. The van der Waals surface area contributed by atoms with Crippen LogP contribution >= 0.6 is 11.8 Å². The number of methoxy groups -OCH3 is 1. The Bertz CT molecular complexity index is 724.